The minimum absolute atomic E-state index is 0.126. The van der Waals surface area contributed by atoms with Crippen LogP contribution >= 0.6 is 0 Å². The first-order chi connectivity index (χ1) is 10.3. The lowest BCUT2D eigenvalue weighted by Crippen LogP contribution is -2.44. The van der Waals surface area contributed by atoms with Crippen LogP contribution in [0.1, 0.15) is 44.9 Å². The molecule has 3 aliphatic rings. The monoisotopic (exact) mass is 294 g/mol. The van der Waals surface area contributed by atoms with Crippen molar-refractivity contribution in [3.8, 4) is 0 Å². The Bertz CT molecular complexity index is 385. The molecule has 3 rings (SSSR count). The van der Waals surface area contributed by atoms with Crippen molar-refractivity contribution >= 4 is 11.8 Å². The predicted molar refractivity (Wildman–Crippen MR) is 78.7 cm³/mol. The Hall–Kier alpha value is -1.10. The molecular formula is C16H26N2O3. The summed E-state index contributed by atoms with van der Waals surface area (Å²) in [7, 11) is 0. The Kier molecular flexibility index (Phi) is 4.78. The van der Waals surface area contributed by atoms with Crippen LogP contribution in [0.25, 0.3) is 0 Å². The fourth-order valence-electron chi connectivity index (χ4n) is 3.86. The SMILES string of the molecule is O=C([C@@H]1CC(=O)N(C2CCCCCC2)C1)N1CCOCC1. The zero-order valence-electron chi connectivity index (χ0n) is 12.8. The third-order valence-corrected chi connectivity index (χ3v) is 5.10. The number of nitrogens with zero attached hydrogens (tertiary/aromatic N) is 2. The van der Waals surface area contributed by atoms with Crippen LogP contribution < -0.4 is 0 Å². The van der Waals surface area contributed by atoms with Gasteiger partial charge in [0.05, 0.1) is 19.1 Å². The molecule has 3 fully saturated rings. The second-order valence-corrected chi connectivity index (χ2v) is 6.53. The van der Waals surface area contributed by atoms with E-state index in [0.717, 1.165) is 12.8 Å². The molecule has 0 N–H and O–H groups in total. The molecule has 5 nitrogen and oxygen atoms in total. The van der Waals surface area contributed by atoms with Crippen molar-refractivity contribution < 1.29 is 14.3 Å². The summed E-state index contributed by atoms with van der Waals surface area (Å²) in [6.45, 7) is 3.23. The lowest BCUT2D eigenvalue weighted by atomic mass is 10.1. The predicted octanol–water partition coefficient (Wildman–Crippen LogP) is 1.42. The van der Waals surface area contributed by atoms with Crippen LogP contribution in [0.5, 0.6) is 0 Å². The lowest BCUT2D eigenvalue weighted by Gasteiger charge is -2.30. The van der Waals surface area contributed by atoms with Crippen LogP contribution in [-0.2, 0) is 14.3 Å². The van der Waals surface area contributed by atoms with E-state index in [0.29, 0.717) is 45.3 Å². The zero-order valence-corrected chi connectivity index (χ0v) is 12.8. The molecular weight excluding hydrogens is 268 g/mol. The van der Waals surface area contributed by atoms with E-state index >= 15 is 0 Å². The number of morpholine rings is 1. The summed E-state index contributed by atoms with van der Waals surface area (Å²) >= 11 is 0. The highest BCUT2D eigenvalue weighted by Crippen LogP contribution is 2.29. The maximum Gasteiger partial charge on any atom is 0.228 e. The van der Waals surface area contributed by atoms with E-state index in [-0.39, 0.29) is 17.7 Å². The average Bonchev–Trinajstić information content (AvgIpc) is 2.74. The van der Waals surface area contributed by atoms with E-state index in [1.807, 2.05) is 9.80 Å². The molecule has 0 aromatic carbocycles. The van der Waals surface area contributed by atoms with Crippen molar-refractivity contribution in [2.24, 2.45) is 5.92 Å². The number of carbonyl (C=O) groups excluding carboxylic acids is 2. The lowest BCUT2D eigenvalue weighted by molar-refractivity contribution is -0.139. The van der Waals surface area contributed by atoms with E-state index in [1.54, 1.807) is 0 Å². The fraction of sp³-hybridized carbons (Fsp3) is 0.875. The van der Waals surface area contributed by atoms with E-state index < -0.39 is 0 Å². The molecule has 0 unspecified atom stereocenters. The molecule has 0 aromatic rings. The minimum Gasteiger partial charge on any atom is -0.378 e. The number of rotatable bonds is 2. The van der Waals surface area contributed by atoms with Gasteiger partial charge in [-0.25, -0.2) is 0 Å². The van der Waals surface area contributed by atoms with Gasteiger partial charge in [0.2, 0.25) is 11.8 Å². The molecule has 0 radical (unpaired) electrons. The fourth-order valence-corrected chi connectivity index (χ4v) is 3.86. The molecule has 0 spiro atoms. The van der Waals surface area contributed by atoms with Crippen LogP contribution in [-0.4, -0.2) is 60.5 Å². The van der Waals surface area contributed by atoms with Gasteiger partial charge in [0, 0.05) is 32.1 Å². The molecule has 1 aliphatic carbocycles. The van der Waals surface area contributed by atoms with Gasteiger partial charge in [-0.3, -0.25) is 9.59 Å². The number of carbonyl (C=O) groups is 2. The molecule has 21 heavy (non-hydrogen) atoms. The highest BCUT2D eigenvalue weighted by molar-refractivity contribution is 5.89. The summed E-state index contributed by atoms with van der Waals surface area (Å²) < 4.78 is 5.29. The summed E-state index contributed by atoms with van der Waals surface area (Å²) in [5.74, 6) is 0.218. The topological polar surface area (TPSA) is 49.9 Å². The van der Waals surface area contributed by atoms with Crippen molar-refractivity contribution in [3.05, 3.63) is 0 Å². The van der Waals surface area contributed by atoms with Gasteiger partial charge in [-0.15, -0.1) is 0 Å². The zero-order chi connectivity index (χ0) is 14.7. The van der Waals surface area contributed by atoms with E-state index in [2.05, 4.69) is 0 Å². The van der Waals surface area contributed by atoms with Gasteiger partial charge in [0.25, 0.3) is 0 Å². The van der Waals surface area contributed by atoms with E-state index in [4.69, 9.17) is 4.74 Å². The van der Waals surface area contributed by atoms with Crippen LogP contribution in [0.3, 0.4) is 0 Å². The summed E-state index contributed by atoms with van der Waals surface area (Å²) in [4.78, 5) is 28.7. The molecule has 2 heterocycles. The van der Waals surface area contributed by atoms with Crippen molar-refractivity contribution in [1.29, 1.82) is 0 Å². The second-order valence-electron chi connectivity index (χ2n) is 6.53. The summed E-state index contributed by atoms with van der Waals surface area (Å²) in [6, 6.07) is 0.377. The summed E-state index contributed by atoms with van der Waals surface area (Å²) in [5, 5.41) is 0. The Morgan fingerprint density at radius 3 is 2.38 bits per heavy atom. The maximum absolute atomic E-state index is 12.5. The molecule has 1 saturated carbocycles. The first kappa shape index (κ1) is 14.8. The smallest absolute Gasteiger partial charge is 0.228 e. The second kappa shape index (κ2) is 6.77. The third-order valence-electron chi connectivity index (χ3n) is 5.10. The molecule has 118 valence electrons. The van der Waals surface area contributed by atoms with Crippen LogP contribution in [0.4, 0.5) is 0 Å². The Balaban J connectivity index is 1.59. The van der Waals surface area contributed by atoms with Gasteiger partial charge in [0.1, 0.15) is 0 Å². The number of hydrogen-bond donors (Lipinski definition) is 0. The minimum atomic E-state index is -0.126. The molecule has 0 bridgehead atoms. The van der Waals surface area contributed by atoms with Gasteiger partial charge in [-0.2, -0.15) is 0 Å². The number of ether oxygens (including phenoxy) is 1. The Morgan fingerprint density at radius 1 is 1.05 bits per heavy atom. The van der Waals surface area contributed by atoms with Gasteiger partial charge in [0.15, 0.2) is 0 Å². The quantitative estimate of drug-likeness (QED) is 0.724. The van der Waals surface area contributed by atoms with Crippen LogP contribution in [0.2, 0.25) is 0 Å². The number of hydrogen-bond acceptors (Lipinski definition) is 3. The van der Waals surface area contributed by atoms with Gasteiger partial charge < -0.3 is 14.5 Å². The number of likely N-dealkylation sites (tertiary alicyclic amines) is 1. The van der Waals surface area contributed by atoms with E-state index in [9.17, 15) is 9.59 Å². The molecule has 5 heteroatoms. The summed E-state index contributed by atoms with van der Waals surface area (Å²) in [6.07, 6.45) is 7.65. The van der Waals surface area contributed by atoms with Crippen molar-refractivity contribution in [2.45, 2.75) is 51.0 Å². The van der Waals surface area contributed by atoms with Crippen molar-refractivity contribution in [3.63, 3.8) is 0 Å². The number of amides is 2. The van der Waals surface area contributed by atoms with Crippen molar-refractivity contribution in [1.82, 2.24) is 9.80 Å². The molecule has 2 amide bonds. The molecule has 2 saturated heterocycles. The molecule has 2 aliphatic heterocycles. The van der Waals surface area contributed by atoms with Gasteiger partial charge >= 0.3 is 0 Å². The highest BCUT2D eigenvalue weighted by atomic mass is 16.5. The van der Waals surface area contributed by atoms with Gasteiger partial charge in [-0.1, -0.05) is 25.7 Å². The maximum atomic E-state index is 12.5. The van der Waals surface area contributed by atoms with Crippen LogP contribution in [0.15, 0.2) is 0 Å². The van der Waals surface area contributed by atoms with Crippen LogP contribution in [0, 0.1) is 5.92 Å². The Morgan fingerprint density at radius 2 is 1.71 bits per heavy atom. The normalized spacial score (nSPS) is 28.8. The third kappa shape index (κ3) is 3.39. The van der Waals surface area contributed by atoms with Gasteiger partial charge in [-0.05, 0) is 12.8 Å². The standard InChI is InChI=1S/C16H26N2O3/c19-15-11-13(16(20)17-7-9-21-10-8-17)12-18(15)14-5-3-1-2-4-6-14/h13-14H,1-12H2/t13-/m1/s1. The highest BCUT2D eigenvalue weighted by Gasteiger charge is 2.39. The molecule has 1 atom stereocenters. The first-order valence-corrected chi connectivity index (χ1v) is 8.41. The van der Waals surface area contributed by atoms with E-state index in [1.165, 1.54) is 25.7 Å². The first-order valence-electron chi connectivity index (χ1n) is 8.41. The average molecular weight is 294 g/mol. The Labute approximate surface area is 126 Å². The van der Waals surface area contributed by atoms with Crippen molar-refractivity contribution in [2.75, 3.05) is 32.8 Å². The molecule has 0 aromatic heterocycles. The summed E-state index contributed by atoms with van der Waals surface area (Å²) in [5.41, 5.74) is 0. The largest absolute Gasteiger partial charge is 0.378 e.